The van der Waals surface area contributed by atoms with Gasteiger partial charge in [-0.1, -0.05) is 6.07 Å². The zero-order valence-electron chi connectivity index (χ0n) is 9.06. The maximum absolute atomic E-state index is 13.1. The minimum Gasteiger partial charge on any atom is -0.374 e. The number of hydrogen-bond acceptors (Lipinski definition) is 2. The van der Waals surface area contributed by atoms with Gasteiger partial charge in [-0.05, 0) is 12.1 Å². The van der Waals surface area contributed by atoms with Crippen molar-refractivity contribution in [2.45, 2.75) is 13.0 Å². The van der Waals surface area contributed by atoms with Gasteiger partial charge in [0.15, 0.2) is 0 Å². The molecule has 0 saturated carbocycles. The van der Waals surface area contributed by atoms with Crippen LogP contribution in [0.4, 0.5) is 17.6 Å². The van der Waals surface area contributed by atoms with Crippen molar-refractivity contribution in [1.82, 2.24) is 5.32 Å². The molecule has 0 aliphatic carbocycles. The van der Waals surface area contributed by atoms with Gasteiger partial charge in [0, 0.05) is 18.7 Å². The molecular weight excluding hydrogens is 238 g/mol. The van der Waals surface area contributed by atoms with Crippen LogP contribution in [0, 0.1) is 11.6 Å². The van der Waals surface area contributed by atoms with Crippen LogP contribution in [0.3, 0.4) is 0 Å². The Morgan fingerprint density at radius 1 is 1.18 bits per heavy atom. The van der Waals surface area contributed by atoms with Gasteiger partial charge in [0.2, 0.25) is 0 Å². The molecule has 0 bridgehead atoms. The summed E-state index contributed by atoms with van der Waals surface area (Å²) in [6, 6.07) is 3.60. The fraction of sp³-hybridized carbons (Fsp3) is 0.455. The lowest BCUT2D eigenvalue weighted by atomic mass is 10.2. The van der Waals surface area contributed by atoms with E-state index in [0.29, 0.717) is 0 Å². The largest absolute Gasteiger partial charge is 0.374 e. The van der Waals surface area contributed by atoms with Crippen molar-refractivity contribution < 1.29 is 22.3 Å². The molecule has 6 heteroatoms. The Morgan fingerprint density at radius 2 is 1.82 bits per heavy atom. The van der Waals surface area contributed by atoms with Crippen LogP contribution < -0.4 is 5.32 Å². The molecule has 0 saturated heterocycles. The molecule has 0 amide bonds. The summed E-state index contributed by atoms with van der Waals surface area (Å²) in [4.78, 5) is 0. The molecule has 2 nitrogen and oxygen atoms in total. The highest BCUT2D eigenvalue weighted by atomic mass is 19.3. The van der Waals surface area contributed by atoms with Gasteiger partial charge in [0.05, 0.1) is 6.61 Å². The Bertz CT molecular complexity index is 326. The highest BCUT2D eigenvalue weighted by Crippen LogP contribution is 2.11. The third kappa shape index (κ3) is 5.14. The van der Waals surface area contributed by atoms with E-state index in [1.54, 1.807) is 0 Å². The molecule has 0 radical (unpaired) electrons. The van der Waals surface area contributed by atoms with Crippen LogP contribution in [0.25, 0.3) is 0 Å². The summed E-state index contributed by atoms with van der Waals surface area (Å²) in [5.74, 6) is -1.27. The normalized spacial score (nSPS) is 11.1. The Kier molecular flexibility index (Phi) is 5.93. The number of nitrogens with one attached hydrogen (secondary N) is 1. The van der Waals surface area contributed by atoms with E-state index >= 15 is 0 Å². The number of ether oxygens (including phenoxy) is 1. The molecule has 0 atom stereocenters. The third-order valence-electron chi connectivity index (χ3n) is 2.03. The topological polar surface area (TPSA) is 21.3 Å². The maximum Gasteiger partial charge on any atom is 0.261 e. The van der Waals surface area contributed by atoms with E-state index in [-0.39, 0.29) is 25.3 Å². The van der Waals surface area contributed by atoms with Gasteiger partial charge >= 0.3 is 0 Å². The second-order valence-corrected chi connectivity index (χ2v) is 3.34. The SMILES string of the molecule is Fc1cccc(F)c1CNCCOCC(F)F. The minimum atomic E-state index is -2.50. The van der Waals surface area contributed by atoms with E-state index in [2.05, 4.69) is 10.1 Å². The third-order valence-corrected chi connectivity index (χ3v) is 2.03. The van der Waals surface area contributed by atoms with Gasteiger partial charge in [-0.3, -0.25) is 0 Å². The summed E-state index contributed by atoms with van der Waals surface area (Å²) in [6.07, 6.45) is -2.50. The van der Waals surface area contributed by atoms with Gasteiger partial charge in [0.1, 0.15) is 18.2 Å². The standard InChI is InChI=1S/C11H13F4NO/c12-9-2-1-3-10(13)8(9)6-16-4-5-17-7-11(14)15/h1-3,11,16H,4-7H2. The number of alkyl halides is 2. The fourth-order valence-corrected chi connectivity index (χ4v) is 1.23. The Balaban J connectivity index is 2.22. The van der Waals surface area contributed by atoms with E-state index in [1.165, 1.54) is 6.07 Å². The number of hydrogen-bond donors (Lipinski definition) is 1. The van der Waals surface area contributed by atoms with E-state index in [0.717, 1.165) is 12.1 Å². The summed E-state index contributed by atoms with van der Waals surface area (Å²) in [6.45, 7) is -0.312. The predicted molar refractivity (Wildman–Crippen MR) is 54.9 cm³/mol. The lowest BCUT2D eigenvalue weighted by Crippen LogP contribution is -2.21. The van der Waals surface area contributed by atoms with Gasteiger partial charge < -0.3 is 10.1 Å². The second kappa shape index (κ2) is 7.24. The first kappa shape index (κ1) is 13.9. The zero-order valence-corrected chi connectivity index (χ0v) is 9.06. The summed E-state index contributed by atoms with van der Waals surface area (Å²) < 4.78 is 54.2. The Morgan fingerprint density at radius 3 is 2.41 bits per heavy atom. The van der Waals surface area contributed by atoms with Crippen LogP contribution in [-0.2, 0) is 11.3 Å². The van der Waals surface area contributed by atoms with Crippen LogP contribution in [0.15, 0.2) is 18.2 Å². The summed E-state index contributed by atoms with van der Waals surface area (Å²) in [5.41, 5.74) is -0.0682. The van der Waals surface area contributed by atoms with E-state index in [4.69, 9.17) is 0 Å². The van der Waals surface area contributed by atoms with Crippen LogP contribution in [0.1, 0.15) is 5.56 Å². The molecule has 0 heterocycles. The van der Waals surface area contributed by atoms with Gasteiger partial charge in [0.25, 0.3) is 6.43 Å². The molecule has 17 heavy (non-hydrogen) atoms. The van der Waals surface area contributed by atoms with Crippen molar-refractivity contribution in [2.24, 2.45) is 0 Å². The zero-order chi connectivity index (χ0) is 12.7. The molecule has 1 N–H and O–H groups in total. The number of halogens is 4. The maximum atomic E-state index is 13.1. The first-order chi connectivity index (χ1) is 8.11. The van der Waals surface area contributed by atoms with Crippen molar-refractivity contribution in [3.05, 3.63) is 35.4 Å². The van der Waals surface area contributed by atoms with Crippen molar-refractivity contribution in [3.63, 3.8) is 0 Å². The molecule has 1 aromatic carbocycles. The molecule has 0 aromatic heterocycles. The Hall–Kier alpha value is -1.14. The summed E-state index contributed by atoms with van der Waals surface area (Å²) >= 11 is 0. The molecule has 0 unspecified atom stereocenters. The highest BCUT2D eigenvalue weighted by molar-refractivity contribution is 5.19. The van der Waals surface area contributed by atoms with Crippen molar-refractivity contribution in [3.8, 4) is 0 Å². The van der Waals surface area contributed by atoms with Gasteiger partial charge in [-0.15, -0.1) is 0 Å². The highest BCUT2D eigenvalue weighted by Gasteiger charge is 2.07. The van der Waals surface area contributed by atoms with E-state index in [9.17, 15) is 17.6 Å². The van der Waals surface area contributed by atoms with Crippen molar-refractivity contribution in [1.29, 1.82) is 0 Å². The van der Waals surface area contributed by atoms with Crippen LogP contribution in [-0.4, -0.2) is 26.2 Å². The average Bonchev–Trinajstić information content (AvgIpc) is 2.26. The smallest absolute Gasteiger partial charge is 0.261 e. The lowest BCUT2D eigenvalue weighted by Gasteiger charge is -2.07. The molecule has 96 valence electrons. The first-order valence-electron chi connectivity index (χ1n) is 5.10. The van der Waals surface area contributed by atoms with Crippen LogP contribution in [0.5, 0.6) is 0 Å². The molecule has 0 aliphatic rings. The lowest BCUT2D eigenvalue weighted by molar-refractivity contribution is 0.0187. The van der Waals surface area contributed by atoms with Crippen LogP contribution >= 0.6 is 0 Å². The number of benzene rings is 1. The molecular formula is C11H13F4NO. The second-order valence-electron chi connectivity index (χ2n) is 3.34. The Labute approximate surface area is 96.6 Å². The minimum absolute atomic E-state index is 0.00343. The monoisotopic (exact) mass is 251 g/mol. The van der Waals surface area contributed by atoms with Gasteiger partial charge in [-0.2, -0.15) is 0 Å². The van der Waals surface area contributed by atoms with Crippen molar-refractivity contribution in [2.75, 3.05) is 19.8 Å². The first-order valence-corrected chi connectivity index (χ1v) is 5.10. The molecule has 0 spiro atoms. The molecule has 0 fully saturated rings. The number of rotatable bonds is 7. The van der Waals surface area contributed by atoms with Gasteiger partial charge in [-0.25, -0.2) is 17.6 Å². The fourth-order valence-electron chi connectivity index (χ4n) is 1.23. The molecule has 0 aliphatic heterocycles. The summed E-state index contributed by atoms with van der Waals surface area (Å²) in [7, 11) is 0. The molecule has 1 aromatic rings. The molecule has 1 rings (SSSR count). The van der Waals surface area contributed by atoms with E-state index in [1.807, 2.05) is 0 Å². The predicted octanol–water partition coefficient (Wildman–Crippen LogP) is 2.34. The van der Waals surface area contributed by atoms with Crippen molar-refractivity contribution >= 4 is 0 Å². The average molecular weight is 251 g/mol. The van der Waals surface area contributed by atoms with E-state index < -0.39 is 24.7 Å². The van der Waals surface area contributed by atoms with Crippen LogP contribution in [0.2, 0.25) is 0 Å². The quantitative estimate of drug-likeness (QED) is 0.593. The summed E-state index contributed by atoms with van der Waals surface area (Å²) in [5, 5.41) is 2.71.